The van der Waals surface area contributed by atoms with Crippen LogP contribution in [0.2, 0.25) is 5.02 Å². The van der Waals surface area contributed by atoms with Gasteiger partial charge in [0.05, 0.1) is 5.56 Å². The summed E-state index contributed by atoms with van der Waals surface area (Å²) < 4.78 is 38.4. The Morgan fingerprint density at radius 3 is 2.53 bits per heavy atom. The SMILES string of the molecule is CCCC[C@H](N)c1c(Cl)cccc1C(F)(F)F. The van der Waals surface area contributed by atoms with Crippen LogP contribution < -0.4 is 5.73 Å². The predicted molar refractivity (Wildman–Crippen MR) is 62.9 cm³/mol. The first kappa shape index (κ1) is 14.3. The van der Waals surface area contributed by atoms with Gasteiger partial charge in [-0.05, 0) is 24.1 Å². The molecule has 0 aliphatic heterocycles. The maximum atomic E-state index is 12.8. The molecule has 1 aromatic carbocycles. The third-order valence-electron chi connectivity index (χ3n) is 2.60. The molecule has 0 bridgehead atoms. The second-order valence-corrected chi connectivity index (χ2v) is 4.35. The minimum absolute atomic E-state index is 0.00937. The van der Waals surface area contributed by atoms with Crippen molar-refractivity contribution in [1.29, 1.82) is 0 Å². The zero-order chi connectivity index (χ0) is 13.1. The molecule has 5 heteroatoms. The van der Waals surface area contributed by atoms with Gasteiger partial charge in [-0.2, -0.15) is 13.2 Å². The number of unbranched alkanes of at least 4 members (excludes halogenated alkanes) is 1. The number of nitrogens with two attached hydrogens (primary N) is 1. The van der Waals surface area contributed by atoms with Crippen LogP contribution in [0.25, 0.3) is 0 Å². The van der Waals surface area contributed by atoms with E-state index in [2.05, 4.69) is 0 Å². The third-order valence-corrected chi connectivity index (χ3v) is 2.93. The Morgan fingerprint density at radius 1 is 1.35 bits per heavy atom. The lowest BCUT2D eigenvalue weighted by Crippen LogP contribution is -2.18. The molecule has 0 radical (unpaired) electrons. The summed E-state index contributed by atoms with van der Waals surface area (Å²) in [5, 5.41) is 0.0865. The highest BCUT2D eigenvalue weighted by Gasteiger charge is 2.35. The lowest BCUT2D eigenvalue weighted by Gasteiger charge is -2.19. The van der Waals surface area contributed by atoms with Crippen LogP contribution in [-0.2, 0) is 6.18 Å². The average Bonchev–Trinajstić information content (AvgIpc) is 2.24. The molecule has 1 aromatic rings. The van der Waals surface area contributed by atoms with Crippen molar-refractivity contribution in [2.45, 2.75) is 38.4 Å². The van der Waals surface area contributed by atoms with Crippen LogP contribution >= 0.6 is 11.6 Å². The number of hydrogen-bond acceptors (Lipinski definition) is 1. The quantitative estimate of drug-likeness (QED) is 0.849. The lowest BCUT2D eigenvalue weighted by molar-refractivity contribution is -0.138. The Kier molecular flexibility index (Phi) is 4.83. The van der Waals surface area contributed by atoms with E-state index >= 15 is 0 Å². The van der Waals surface area contributed by atoms with Gasteiger partial charge in [0.25, 0.3) is 0 Å². The minimum Gasteiger partial charge on any atom is -0.324 e. The first-order valence-electron chi connectivity index (χ1n) is 5.49. The molecule has 0 saturated heterocycles. The first-order chi connectivity index (χ1) is 7.88. The van der Waals surface area contributed by atoms with Gasteiger partial charge < -0.3 is 5.73 Å². The van der Waals surface area contributed by atoms with Crippen LogP contribution in [0.1, 0.15) is 43.4 Å². The number of hydrogen-bond donors (Lipinski definition) is 1. The zero-order valence-corrected chi connectivity index (χ0v) is 10.3. The van der Waals surface area contributed by atoms with E-state index in [9.17, 15) is 13.2 Å². The van der Waals surface area contributed by atoms with Gasteiger partial charge in [0.15, 0.2) is 0 Å². The van der Waals surface area contributed by atoms with Crippen LogP contribution in [0.4, 0.5) is 13.2 Å². The van der Waals surface area contributed by atoms with Crippen LogP contribution in [0.3, 0.4) is 0 Å². The molecule has 1 nitrogen and oxygen atoms in total. The Labute approximate surface area is 104 Å². The summed E-state index contributed by atoms with van der Waals surface area (Å²) in [6.07, 6.45) is -2.24. The average molecular weight is 266 g/mol. The first-order valence-corrected chi connectivity index (χ1v) is 5.87. The van der Waals surface area contributed by atoms with Crippen molar-refractivity contribution < 1.29 is 13.2 Å². The molecule has 0 heterocycles. The highest BCUT2D eigenvalue weighted by Crippen LogP contribution is 2.38. The molecule has 2 N–H and O–H groups in total. The van der Waals surface area contributed by atoms with Crippen LogP contribution in [0, 0.1) is 0 Å². The van der Waals surface area contributed by atoms with E-state index in [1.807, 2.05) is 6.92 Å². The fraction of sp³-hybridized carbons (Fsp3) is 0.500. The Hall–Kier alpha value is -0.740. The largest absolute Gasteiger partial charge is 0.416 e. The predicted octanol–water partition coefficient (Wildman–Crippen LogP) is 4.55. The van der Waals surface area contributed by atoms with E-state index in [-0.39, 0.29) is 10.6 Å². The normalized spacial score (nSPS) is 13.8. The Bertz CT molecular complexity index is 377. The molecule has 0 aliphatic carbocycles. The molecule has 0 aliphatic rings. The fourth-order valence-electron chi connectivity index (χ4n) is 1.73. The Balaban J connectivity index is 3.12. The topological polar surface area (TPSA) is 26.0 Å². The zero-order valence-electron chi connectivity index (χ0n) is 9.52. The number of halogens is 4. The number of benzene rings is 1. The van der Waals surface area contributed by atoms with Crippen LogP contribution in [0.5, 0.6) is 0 Å². The highest BCUT2D eigenvalue weighted by atomic mass is 35.5. The number of alkyl halides is 3. The van der Waals surface area contributed by atoms with Gasteiger partial charge in [0, 0.05) is 11.1 Å². The van der Waals surface area contributed by atoms with E-state index in [4.69, 9.17) is 17.3 Å². The second kappa shape index (κ2) is 5.74. The van der Waals surface area contributed by atoms with Gasteiger partial charge in [0.2, 0.25) is 0 Å². The monoisotopic (exact) mass is 265 g/mol. The third kappa shape index (κ3) is 3.61. The van der Waals surface area contributed by atoms with E-state index in [0.717, 1.165) is 18.9 Å². The summed E-state index contributed by atoms with van der Waals surface area (Å²) in [6, 6.07) is 3.09. The van der Waals surface area contributed by atoms with Crippen LogP contribution in [-0.4, -0.2) is 0 Å². The molecule has 0 aromatic heterocycles. The summed E-state index contributed by atoms with van der Waals surface area (Å²) in [4.78, 5) is 0. The molecule has 0 unspecified atom stereocenters. The van der Waals surface area contributed by atoms with E-state index < -0.39 is 17.8 Å². The maximum absolute atomic E-state index is 12.8. The smallest absolute Gasteiger partial charge is 0.324 e. The van der Waals surface area contributed by atoms with Gasteiger partial charge in [-0.1, -0.05) is 37.4 Å². The molecule has 0 saturated carbocycles. The summed E-state index contributed by atoms with van der Waals surface area (Å²) in [7, 11) is 0. The molecular weight excluding hydrogens is 251 g/mol. The van der Waals surface area contributed by atoms with Crippen LogP contribution in [0.15, 0.2) is 18.2 Å². The van der Waals surface area contributed by atoms with Gasteiger partial charge in [-0.3, -0.25) is 0 Å². The van der Waals surface area contributed by atoms with Gasteiger partial charge in [0.1, 0.15) is 0 Å². The van der Waals surface area contributed by atoms with E-state index in [1.165, 1.54) is 12.1 Å². The molecule has 17 heavy (non-hydrogen) atoms. The number of rotatable bonds is 4. The second-order valence-electron chi connectivity index (χ2n) is 3.95. The van der Waals surface area contributed by atoms with Crippen molar-refractivity contribution in [3.05, 3.63) is 34.3 Å². The minimum atomic E-state index is -4.41. The van der Waals surface area contributed by atoms with Crippen molar-refractivity contribution in [3.8, 4) is 0 Å². The lowest BCUT2D eigenvalue weighted by atomic mass is 9.96. The van der Waals surface area contributed by atoms with E-state index in [1.54, 1.807) is 0 Å². The van der Waals surface area contributed by atoms with Crippen molar-refractivity contribution in [2.24, 2.45) is 5.73 Å². The summed E-state index contributed by atoms with van der Waals surface area (Å²) >= 11 is 5.83. The van der Waals surface area contributed by atoms with Crippen molar-refractivity contribution in [1.82, 2.24) is 0 Å². The fourth-order valence-corrected chi connectivity index (χ4v) is 2.04. The molecule has 0 amide bonds. The van der Waals surface area contributed by atoms with Gasteiger partial charge in [-0.25, -0.2) is 0 Å². The van der Waals surface area contributed by atoms with Crippen molar-refractivity contribution in [3.63, 3.8) is 0 Å². The molecule has 0 fully saturated rings. The summed E-state index contributed by atoms with van der Waals surface area (Å²) in [5.41, 5.74) is 5.08. The molecule has 1 atom stereocenters. The maximum Gasteiger partial charge on any atom is 0.416 e. The van der Waals surface area contributed by atoms with Gasteiger partial charge >= 0.3 is 6.18 Å². The Morgan fingerprint density at radius 2 is 2.00 bits per heavy atom. The van der Waals surface area contributed by atoms with Gasteiger partial charge in [-0.15, -0.1) is 0 Å². The van der Waals surface area contributed by atoms with Crippen molar-refractivity contribution >= 4 is 11.6 Å². The summed E-state index contributed by atoms with van der Waals surface area (Å²) in [5.74, 6) is 0. The molecule has 1 rings (SSSR count). The van der Waals surface area contributed by atoms with Crippen molar-refractivity contribution in [2.75, 3.05) is 0 Å². The molecule has 96 valence electrons. The highest BCUT2D eigenvalue weighted by molar-refractivity contribution is 6.31. The molecular formula is C12H15ClF3N. The standard InChI is InChI=1S/C12H15ClF3N/c1-2-3-7-10(17)11-8(12(14,15)16)5-4-6-9(11)13/h4-6,10H,2-3,7,17H2,1H3/t10-/m0/s1. The van der Waals surface area contributed by atoms with E-state index in [0.29, 0.717) is 6.42 Å². The molecule has 0 spiro atoms. The summed E-state index contributed by atoms with van der Waals surface area (Å²) in [6.45, 7) is 1.96.